The van der Waals surface area contributed by atoms with Crippen molar-refractivity contribution in [3.8, 4) is 0 Å². The Bertz CT molecular complexity index is 403. The number of amides is 2. The molecule has 2 N–H and O–H groups in total. The van der Waals surface area contributed by atoms with Crippen molar-refractivity contribution in [3.05, 3.63) is 0 Å². The van der Waals surface area contributed by atoms with Gasteiger partial charge in [-0.25, -0.2) is 4.79 Å². The van der Waals surface area contributed by atoms with E-state index in [1.165, 1.54) is 32.1 Å². The molecule has 0 aromatic rings. The molecule has 3 rings (SSSR count). The summed E-state index contributed by atoms with van der Waals surface area (Å²) < 4.78 is 0. The number of likely N-dealkylation sites (tertiary alicyclic amines) is 1. The largest absolute Gasteiger partial charge is 0.393 e. The molecule has 3 aliphatic rings. The molecule has 24 heavy (non-hydrogen) atoms. The van der Waals surface area contributed by atoms with Gasteiger partial charge in [-0.1, -0.05) is 25.7 Å². The molecule has 0 aromatic carbocycles. The minimum Gasteiger partial charge on any atom is -0.393 e. The van der Waals surface area contributed by atoms with Crippen molar-refractivity contribution in [2.45, 2.75) is 82.4 Å². The van der Waals surface area contributed by atoms with Crippen molar-refractivity contribution in [2.75, 3.05) is 26.7 Å². The Morgan fingerprint density at radius 1 is 1.04 bits per heavy atom. The molecule has 2 amide bonds. The molecule has 0 aromatic heterocycles. The summed E-state index contributed by atoms with van der Waals surface area (Å²) >= 11 is 0. The normalized spacial score (nSPS) is 30.4. The Morgan fingerprint density at radius 2 is 1.75 bits per heavy atom. The fraction of sp³-hybridized carbons (Fsp3) is 0.947. The zero-order chi connectivity index (χ0) is 16.9. The van der Waals surface area contributed by atoms with E-state index in [0.29, 0.717) is 12.6 Å². The molecule has 2 unspecified atom stereocenters. The summed E-state index contributed by atoms with van der Waals surface area (Å²) in [6, 6.07) is 1.14. The van der Waals surface area contributed by atoms with Gasteiger partial charge in [0.1, 0.15) is 0 Å². The summed E-state index contributed by atoms with van der Waals surface area (Å²) in [4.78, 5) is 16.8. The number of rotatable bonds is 4. The first-order valence-electron chi connectivity index (χ1n) is 10.1. The van der Waals surface area contributed by atoms with Gasteiger partial charge in [0.05, 0.1) is 6.10 Å². The quantitative estimate of drug-likeness (QED) is 0.829. The highest BCUT2D eigenvalue weighted by Gasteiger charge is 2.30. The molecule has 0 spiro atoms. The fourth-order valence-corrected chi connectivity index (χ4v) is 4.80. The Morgan fingerprint density at radius 3 is 2.38 bits per heavy atom. The molecule has 5 heteroatoms. The van der Waals surface area contributed by atoms with Gasteiger partial charge in [0.25, 0.3) is 0 Å². The monoisotopic (exact) mass is 337 g/mol. The van der Waals surface area contributed by atoms with Crippen LogP contribution in [-0.2, 0) is 0 Å². The molecular formula is C19H35N3O2. The molecule has 5 nitrogen and oxygen atoms in total. The van der Waals surface area contributed by atoms with E-state index in [1.54, 1.807) is 4.90 Å². The van der Waals surface area contributed by atoms with Crippen LogP contribution in [0.1, 0.15) is 64.2 Å². The van der Waals surface area contributed by atoms with Crippen LogP contribution in [0.15, 0.2) is 0 Å². The minimum atomic E-state index is -0.223. The van der Waals surface area contributed by atoms with Crippen molar-refractivity contribution in [1.82, 2.24) is 15.1 Å². The lowest BCUT2D eigenvalue weighted by Crippen LogP contribution is -2.51. The topological polar surface area (TPSA) is 55.8 Å². The first-order chi connectivity index (χ1) is 11.6. The number of nitrogens with one attached hydrogen (secondary N) is 1. The van der Waals surface area contributed by atoms with Gasteiger partial charge >= 0.3 is 6.03 Å². The summed E-state index contributed by atoms with van der Waals surface area (Å²) in [5.41, 5.74) is 0. The van der Waals surface area contributed by atoms with Crippen molar-refractivity contribution in [1.29, 1.82) is 0 Å². The zero-order valence-electron chi connectivity index (χ0n) is 15.3. The van der Waals surface area contributed by atoms with Crippen LogP contribution in [0, 0.1) is 5.92 Å². The molecule has 2 saturated carbocycles. The third-order valence-electron chi connectivity index (χ3n) is 6.42. The second kappa shape index (κ2) is 8.52. The van der Waals surface area contributed by atoms with Crippen LogP contribution in [-0.4, -0.2) is 65.8 Å². The van der Waals surface area contributed by atoms with E-state index in [2.05, 4.69) is 10.2 Å². The molecule has 1 heterocycles. The zero-order valence-corrected chi connectivity index (χ0v) is 15.3. The highest BCUT2D eigenvalue weighted by Crippen LogP contribution is 2.27. The van der Waals surface area contributed by atoms with Crippen LogP contribution in [0.25, 0.3) is 0 Å². The van der Waals surface area contributed by atoms with Gasteiger partial charge in [-0.15, -0.1) is 0 Å². The average molecular weight is 338 g/mol. The van der Waals surface area contributed by atoms with Gasteiger partial charge in [-0.05, 0) is 38.5 Å². The van der Waals surface area contributed by atoms with Crippen LogP contribution < -0.4 is 5.32 Å². The molecule has 138 valence electrons. The van der Waals surface area contributed by atoms with Crippen molar-refractivity contribution >= 4 is 6.03 Å². The molecule has 1 aliphatic heterocycles. The first kappa shape index (κ1) is 18.0. The lowest BCUT2D eigenvalue weighted by molar-refractivity contribution is 0.106. The van der Waals surface area contributed by atoms with Crippen molar-refractivity contribution < 1.29 is 9.90 Å². The smallest absolute Gasteiger partial charge is 0.317 e. The summed E-state index contributed by atoms with van der Waals surface area (Å²) in [5, 5.41) is 13.1. The number of carbonyl (C=O) groups is 1. The number of piperidine rings is 1. The molecule has 0 bridgehead atoms. The highest BCUT2D eigenvalue weighted by atomic mass is 16.3. The molecule has 3 fully saturated rings. The Kier molecular flexibility index (Phi) is 6.39. The second-order valence-electron chi connectivity index (χ2n) is 8.19. The summed E-state index contributed by atoms with van der Waals surface area (Å²) in [6.07, 6.45) is 11.8. The summed E-state index contributed by atoms with van der Waals surface area (Å²) in [5.74, 6) is 0.258. The number of aliphatic hydroxyl groups is 1. The van der Waals surface area contributed by atoms with E-state index in [9.17, 15) is 9.90 Å². The maximum absolute atomic E-state index is 12.4. The lowest BCUT2D eigenvalue weighted by Gasteiger charge is -2.39. The van der Waals surface area contributed by atoms with Crippen molar-refractivity contribution in [2.24, 2.45) is 5.92 Å². The van der Waals surface area contributed by atoms with Crippen LogP contribution in [0.4, 0.5) is 4.79 Å². The number of nitrogens with zero attached hydrogens (tertiary/aromatic N) is 2. The summed E-state index contributed by atoms with van der Waals surface area (Å²) in [6.45, 7) is 2.93. The van der Waals surface area contributed by atoms with Gasteiger partial charge in [-0.3, -0.25) is 0 Å². The molecule has 1 saturated heterocycles. The van der Waals surface area contributed by atoms with Gasteiger partial charge in [0.2, 0.25) is 0 Å². The van der Waals surface area contributed by atoms with Gasteiger partial charge in [0, 0.05) is 44.7 Å². The SMILES string of the molecule is CN(CC1CCCC1O)C(=O)NC1CCN(C2CCCCC2)CC1. The van der Waals surface area contributed by atoms with Crippen LogP contribution >= 0.6 is 0 Å². The molecule has 0 radical (unpaired) electrons. The van der Waals surface area contributed by atoms with E-state index in [4.69, 9.17) is 0 Å². The minimum absolute atomic E-state index is 0.0326. The lowest BCUT2D eigenvalue weighted by atomic mass is 9.92. The highest BCUT2D eigenvalue weighted by molar-refractivity contribution is 5.74. The van der Waals surface area contributed by atoms with Crippen LogP contribution in [0.3, 0.4) is 0 Å². The Balaban J connectivity index is 1.38. The standard InChI is InChI=1S/C19H35N3O2/c1-21(14-15-6-5-9-18(15)23)19(24)20-16-10-12-22(13-11-16)17-7-3-2-4-8-17/h15-18,23H,2-14H2,1H3,(H,20,24). The summed E-state index contributed by atoms with van der Waals surface area (Å²) in [7, 11) is 1.86. The first-order valence-corrected chi connectivity index (χ1v) is 10.1. The van der Waals surface area contributed by atoms with Crippen molar-refractivity contribution in [3.63, 3.8) is 0 Å². The van der Waals surface area contributed by atoms with E-state index < -0.39 is 0 Å². The van der Waals surface area contributed by atoms with E-state index in [1.807, 2.05) is 7.05 Å². The Labute approximate surface area is 146 Å². The van der Waals surface area contributed by atoms with Crippen LogP contribution in [0.2, 0.25) is 0 Å². The average Bonchev–Trinajstić information content (AvgIpc) is 3.01. The van der Waals surface area contributed by atoms with Gasteiger partial charge in [0.15, 0.2) is 0 Å². The maximum Gasteiger partial charge on any atom is 0.317 e. The number of hydrogen-bond acceptors (Lipinski definition) is 3. The number of hydrogen-bond donors (Lipinski definition) is 2. The second-order valence-corrected chi connectivity index (χ2v) is 8.19. The Hall–Kier alpha value is -0.810. The number of aliphatic hydroxyl groups excluding tert-OH is 1. The third kappa shape index (κ3) is 4.63. The predicted molar refractivity (Wildman–Crippen MR) is 96.0 cm³/mol. The van der Waals surface area contributed by atoms with E-state index >= 15 is 0 Å². The number of carbonyl (C=O) groups excluding carboxylic acids is 1. The number of urea groups is 1. The van der Waals surface area contributed by atoms with Crippen LogP contribution in [0.5, 0.6) is 0 Å². The molecule has 2 aliphatic carbocycles. The third-order valence-corrected chi connectivity index (χ3v) is 6.42. The van der Waals surface area contributed by atoms with E-state index in [-0.39, 0.29) is 18.1 Å². The predicted octanol–water partition coefficient (Wildman–Crippen LogP) is 2.59. The van der Waals surface area contributed by atoms with Gasteiger partial charge in [-0.2, -0.15) is 0 Å². The maximum atomic E-state index is 12.4. The fourth-order valence-electron chi connectivity index (χ4n) is 4.80. The molecular weight excluding hydrogens is 302 g/mol. The molecule has 2 atom stereocenters. The van der Waals surface area contributed by atoms with E-state index in [0.717, 1.165) is 51.2 Å². The van der Waals surface area contributed by atoms with Gasteiger partial charge < -0.3 is 20.2 Å².